The van der Waals surface area contributed by atoms with Crippen molar-refractivity contribution >= 4 is 23.4 Å². The van der Waals surface area contributed by atoms with Gasteiger partial charge >= 0.3 is 5.97 Å². The predicted octanol–water partition coefficient (Wildman–Crippen LogP) is 2.37. The van der Waals surface area contributed by atoms with E-state index in [1.54, 1.807) is 12.3 Å². The Kier molecular flexibility index (Phi) is 6.59. The van der Waals surface area contributed by atoms with E-state index in [0.717, 1.165) is 16.8 Å². The summed E-state index contributed by atoms with van der Waals surface area (Å²) in [5.74, 6) is -1.02. The molecule has 1 fully saturated rings. The van der Waals surface area contributed by atoms with Crippen LogP contribution in [0, 0.1) is 0 Å². The van der Waals surface area contributed by atoms with Crippen LogP contribution in [0.25, 0.3) is 11.6 Å². The number of hydrogen-bond acceptors (Lipinski definition) is 8. The number of esters is 1. The minimum Gasteiger partial charge on any atom is -0.462 e. The van der Waals surface area contributed by atoms with E-state index in [0.29, 0.717) is 39.1 Å². The minimum atomic E-state index is -0.690. The summed E-state index contributed by atoms with van der Waals surface area (Å²) in [6.45, 7) is 4.44. The highest BCUT2D eigenvalue weighted by Crippen LogP contribution is 2.30. The number of hydrazine groups is 1. The molecule has 0 unspecified atom stereocenters. The standard InChI is InChI=1S/C23H25N3O5/c1-2-12-30-23(28)20-21(27)19(31-22(20)25-26-10-13-29-14-11-26)15-16-6-3-4-8-18-17(16)7-5-9-24-18/h4-9,15,25H,2-3,10-14H2,1H3/b19-15-. The van der Waals surface area contributed by atoms with E-state index in [2.05, 4.69) is 10.4 Å². The molecule has 1 saturated heterocycles. The van der Waals surface area contributed by atoms with Crippen LogP contribution in [0.3, 0.4) is 0 Å². The van der Waals surface area contributed by atoms with Crippen molar-refractivity contribution in [1.82, 2.24) is 15.4 Å². The first-order valence-corrected chi connectivity index (χ1v) is 10.4. The van der Waals surface area contributed by atoms with E-state index < -0.39 is 11.8 Å². The van der Waals surface area contributed by atoms with Crippen LogP contribution in [-0.2, 0) is 23.8 Å². The zero-order chi connectivity index (χ0) is 21.6. The minimum absolute atomic E-state index is 0.0714. The van der Waals surface area contributed by atoms with Gasteiger partial charge in [0.25, 0.3) is 0 Å². The van der Waals surface area contributed by atoms with Crippen molar-refractivity contribution in [3.8, 4) is 0 Å². The summed E-state index contributed by atoms with van der Waals surface area (Å²) in [5, 5.41) is 1.86. The van der Waals surface area contributed by atoms with Gasteiger partial charge in [0.05, 0.1) is 25.5 Å². The van der Waals surface area contributed by atoms with Gasteiger partial charge < -0.3 is 14.2 Å². The van der Waals surface area contributed by atoms with Crippen molar-refractivity contribution in [2.75, 3.05) is 32.9 Å². The van der Waals surface area contributed by atoms with E-state index in [1.165, 1.54) is 0 Å². The molecule has 31 heavy (non-hydrogen) atoms. The Labute approximate surface area is 180 Å². The number of aromatic nitrogens is 1. The first-order valence-electron chi connectivity index (χ1n) is 10.4. The summed E-state index contributed by atoms with van der Waals surface area (Å²) in [5.41, 5.74) is 5.46. The van der Waals surface area contributed by atoms with Gasteiger partial charge in [0.1, 0.15) is 0 Å². The monoisotopic (exact) mass is 423 g/mol. The Morgan fingerprint density at radius 1 is 1.35 bits per heavy atom. The van der Waals surface area contributed by atoms with Gasteiger partial charge in [-0.1, -0.05) is 25.1 Å². The topological polar surface area (TPSA) is 90.0 Å². The second-order valence-electron chi connectivity index (χ2n) is 7.22. The van der Waals surface area contributed by atoms with Crippen LogP contribution >= 0.6 is 0 Å². The summed E-state index contributed by atoms with van der Waals surface area (Å²) in [6, 6.07) is 3.79. The molecule has 0 saturated carbocycles. The van der Waals surface area contributed by atoms with Crippen LogP contribution in [-0.4, -0.2) is 54.7 Å². The number of hydrogen-bond donors (Lipinski definition) is 1. The number of carbonyl (C=O) groups excluding carboxylic acids is 2. The lowest BCUT2D eigenvalue weighted by atomic mass is 10.0. The van der Waals surface area contributed by atoms with Crippen LogP contribution in [0.5, 0.6) is 0 Å². The highest BCUT2D eigenvalue weighted by molar-refractivity contribution is 6.25. The summed E-state index contributed by atoms with van der Waals surface area (Å²) >= 11 is 0. The number of pyridine rings is 1. The Hall–Kier alpha value is -3.23. The molecule has 0 spiro atoms. The van der Waals surface area contributed by atoms with Crippen LogP contribution in [0.15, 0.2) is 53.8 Å². The van der Waals surface area contributed by atoms with E-state index in [1.807, 2.05) is 42.3 Å². The van der Waals surface area contributed by atoms with Crippen LogP contribution in [0.4, 0.5) is 0 Å². The van der Waals surface area contributed by atoms with Gasteiger partial charge in [0, 0.05) is 24.8 Å². The summed E-state index contributed by atoms with van der Waals surface area (Å²) < 4.78 is 16.5. The smallest absolute Gasteiger partial charge is 0.347 e. The van der Waals surface area contributed by atoms with Crippen molar-refractivity contribution in [2.45, 2.75) is 19.8 Å². The third-order valence-corrected chi connectivity index (χ3v) is 4.99. The third kappa shape index (κ3) is 4.76. The fraction of sp³-hybridized carbons (Fsp3) is 0.348. The Bertz CT molecular complexity index is 987. The van der Waals surface area contributed by atoms with Crippen molar-refractivity contribution in [3.05, 3.63) is 65.0 Å². The lowest BCUT2D eigenvalue weighted by Crippen LogP contribution is -2.45. The maximum Gasteiger partial charge on any atom is 0.347 e. The number of morpholine rings is 1. The normalized spacial score (nSPS) is 20.2. The maximum absolute atomic E-state index is 13.1. The molecule has 1 N–H and O–H groups in total. The first-order chi connectivity index (χ1) is 15.2. The average molecular weight is 423 g/mol. The number of allylic oxidation sites excluding steroid dienone is 5. The number of Topliss-reactive ketones (excluding diaryl/α,β-unsaturated/α-hetero) is 1. The quantitative estimate of drug-likeness (QED) is 0.424. The second kappa shape index (κ2) is 9.72. The summed E-state index contributed by atoms with van der Waals surface area (Å²) in [7, 11) is 0. The molecule has 0 radical (unpaired) electrons. The van der Waals surface area contributed by atoms with Crippen molar-refractivity contribution in [1.29, 1.82) is 0 Å². The number of nitrogens with one attached hydrogen (secondary N) is 1. The van der Waals surface area contributed by atoms with Crippen molar-refractivity contribution in [3.63, 3.8) is 0 Å². The molecule has 1 aliphatic carbocycles. The Balaban J connectivity index is 1.63. The number of carbonyl (C=O) groups is 2. The molecule has 3 heterocycles. The molecule has 2 aliphatic heterocycles. The molecule has 8 nitrogen and oxygen atoms in total. The van der Waals surface area contributed by atoms with Crippen LogP contribution in [0.1, 0.15) is 31.0 Å². The fourth-order valence-corrected chi connectivity index (χ4v) is 3.44. The SMILES string of the molecule is CCCOC(=O)C1=C(NN2CCOCC2)O/C(=C\C2=CCC=Cc3ncccc32)C1=O. The lowest BCUT2D eigenvalue weighted by Gasteiger charge is -2.27. The molecule has 0 bridgehead atoms. The molecular formula is C23H25N3O5. The number of ether oxygens (including phenoxy) is 3. The van der Waals surface area contributed by atoms with Gasteiger partial charge in [-0.2, -0.15) is 0 Å². The van der Waals surface area contributed by atoms with Gasteiger partial charge in [-0.15, -0.1) is 0 Å². The lowest BCUT2D eigenvalue weighted by molar-refractivity contribution is -0.140. The molecule has 4 rings (SSSR count). The fourth-order valence-electron chi connectivity index (χ4n) is 3.44. The van der Waals surface area contributed by atoms with Gasteiger partial charge in [-0.25, -0.2) is 9.80 Å². The average Bonchev–Trinajstić information content (AvgIpc) is 2.96. The molecule has 1 aromatic heterocycles. The maximum atomic E-state index is 13.1. The summed E-state index contributed by atoms with van der Waals surface area (Å²) in [4.78, 5) is 30.2. The number of ketones is 1. The van der Waals surface area contributed by atoms with E-state index in [9.17, 15) is 9.59 Å². The summed E-state index contributed by atoms with van der Waals surface area (Å²) in [6.07, 6.45) is 10.7. The van der Waals surface area contributed by atoms with Gasteiger partial charge in [0.2, 0.25) is 11.7 Å². The highest BCUT2D eigenvalue weighted by Gasteiger charge is 2.38. The van der Waals surface area contributed by atoms with E-state index >= 15 is 0 Å². The number of nitrogens with zero attached hydrogens (tertiary/aromatic N) is 2. The van der Waals surface area contributed by atoms with Crippen molar-refractivity contribution < 1.29 is 23.8 Å². The molecule has 1 aromatic rings. The zero-order valence-corrected chi connectivity index (χ0v) is 17.4. The predicted molar refractivity (Wildman–Crippen MR) is 114 cm³/mol. The van der Waals surface area contributed by atoms with Gasteiger partial charge in [0.15, 0.2) is 11.3 Å². The first kappa shape index (κ1) is 21.0. The second-order valence-corrected chi connectivity index (χ2v) is 7.22. The largest absolute Gasteiger partial charge is 0.462 e. The van der Waals surface area contributed by atoms with E-state index in [-0.39, 0.29) is 23.8 Å². The third-order valence-electron chi connectivity index (χ3n) is 4.99. The molecule has 0 amide bonds. The number of rotatable bonds is 6. The molecule has 162 valence electrons. The van der Waals surface area contributed by atoms with Crippen molar-refractivity contribution in [2.24, 2.45) is 0 Å². The molecule has 3 aliphatic rings. The van der Waals surface area contributed by atoms with Crippen LogP contribution < -0.4 is 5.43 Å². The zero-order valence-electron chi connectivity index (χ0n) is 17.4. The number of fused-ring (bicyclic) bond motifs is 1. The van der Waals surface area contributed by atoms with Crippen LogP contribution in [0.2, 0.25) is 0 Å². The van der Waals surface area contributed by atoms with E-state index in [4.69, 9.17) is 14.2 Å². The molecule has 0 aromatic carbocycles. The highest BCUT2D eigenvalue weighted by atomic mass is 16.5. The molecular weight excluding hydrogens is 398 g/mol. The molecule has 8 heteroatoms. The van der Waals surface area contributed by atoms with Gasteiger partial charge in [-0.3, -0.25) is 15.2 Å². The Morgan fingerprint density at radius 2 is 2.19 bits per heavy atom. The Morgan fingerprint density at radius 3 is 3.00 bits per heavy atom. The molecule has 0 atom stereocenters. The van der Waals surface area contributed by atoms with Gasteiger partial charge in [-0.05, 0) is 36.6 Å².